The monoisotopic (exact) mass is 382 g/mol. The predicted octanol–water partition coefficient (Wildman–Crippen LogP) is 4.17. The highest BCUT2D eigenvalue weighted by Gasteiger charge is 2.32. The van der Waals surface area contributed by atoms with E-state index in [1.54, 1.807) is 11.3 Å². The number of aromatic nitrogens is 1. The van der Waals surface area contributed by atoms with Gasteiger partial charge in [0.05, 0.1) is 15.7 Å². The number of thiazole rings is 1. The molecule has 2 N–H and O–H groups in total. The molecular formula is C21H26N4OS. The highest BCUT2D eigenvalue weighted by atomic mass is 32.1. The zero-order valence-electron chi connectivity index (χ0n) is 16.0. The molecule has 27 heavy (non-hydrogen) atoms. The van der Waals surface area contributed by atoms with Crippen LogP contribution in [0.25, 0.3) is 16.3 Å². The Morgan fingerprint density at radius 3 is 3.00 bits per heavy atom. The van der Waals surface area contributed by atoms with Crippen LogP contribution < -0.4 is 10.6 Å². The van der Waals surface area contributed by atoms with E-state index in [0.29, 0.717) is 35.5 Å². The Labute approximate surface area is 164 Å². The van der Waals surface area contributed by atoms with Crippen LogP contribution in [0, 0.1) is 17.8 Å². The molecule has 0 unspecified atom stereocenters. The lowest BCUT2D eigenvalue weighted by molar-refractivity contribution is -0.115. The number of nitrogens with zero attached hydrogens (tertiary/aromatic N) is 2. The Morgan fingerprint density at radius 2 is 2.19 bits per heavy atom. The molecule has 1 aliphatic heterocycles. The molecule has 2 aromatic rings. The topological polar surface area (TPSA) is 66.4 Å². The Kier molecular flexibility index (Phi) is 5.00. The van der Waals surface area contributed by atoms with E-state index in [4.69, 9.17) is 0 Å². The summed E-state index contributed by atoms with van der Waals surface area (Å²) in [5.41, 5.74) is 4.23. The molecular weight excluding hydrogens is 356 g/mol. The molecule has 1 fully saturated rings. The van der Waals surface area contributed by atoms with Crippen molar-refractivity contribution in [1.82, 2.24) is 15.6 Å². The molecule has 142 valence electrons. The van der Waals surface area contributed by atoms with Crippen molar-refractivity contribution in [1.29, 1.82) is 0 Å². The van der Waals surface area contributed by atoms with Gasteiger partial charge in [0.1, 0.15) is 5.70 Å². The highest BCUT2D eigenvalue weighted by Crippen LogP contribution is 2.33. The van der Waals surface area contributed by atoms with Crippen LogP contribution in [0.1, 0.15) is 45.6 Å². The Morgan fingerprint density at radius 1 is 1.33 bits per heavy atom. The van der Waals surface area contributed by atoms with Crippen molar-refractivity contribution >= 4 is 39.5 Å². The third-order valence-corrected chi connectivity index (χ3v) is 6.49. The molecule has 1 aliphatic carbocycles. The lowest BCUT2D eigenvalue weighted by Crippen LogP contribution is -2.49. The maximum Gasteiger partial charge on any atom is 0.276 e. The van der Waals surface area contributed by atoms with E-state index in [0.717, 1.165) is 22.2 Å². The van der Waals surface area contributed by atoms with Gasteiger partial charge in [-0.25, -0.2) is 9.98 Å². The second kappa shape index (κ2) is 7.43. The second-order valence-electron chi connectivity index (χ2n) is 8.10. The molecule has 2 heterocycles. The number of fused-ring (bicyclic) bond motifs is 1. The summed E-state index contributed by atoms with van der Waals surface area (Å²) in [6.45, 7) is 6.87. The molecule has 1 saturated carbocycles. The number of hydrogen-bond donors (Lipinski definition) is 2. The fraction of sp³-hybridized carbons (Fsp3) is 0.476. The minimum Gasteiger partial charge on any atom is -0.353 e. The van der Waals surface area contributed by atoms with Gasteiger partial charge in [0.2, 0.25) is 5.96 Å². The van der Waals surface area contributed by atoms with Gasteiger partial charge in [-0.15, -0.1) is 11.3 Å². The van der Waals surface area contributed by atoms with E-state index in [1.165, 1.54) is 12.8 Å². The summed E-state index contributed by atoms with van der Waals surface area (Å²) in [4.78, 5) is 21.2. The first-order valence-corrected chi connectivity index (χ1v) is 10.6. The van der Waals surface area contributed by atoms with Crippen molar-refractivity contribution in [3.05, 3.63) is 35.0 Å². The van der Waals surface area contributed by atoms with Crippen molar-refractivity contribution < 1.29 is 4.79 Å². The molecule has 5 nitrogen and oxygen atoms in total. The van der Waals surface area contributed by atoms with E-state index < -0.39 is 0 Å². The summed E-state index contributed by atoms with van der Waals surface area (Å²) in [5.74, 6) is 2.38. The van der Waals surface area contributed by atoms with Gasteiger partial charge in [-0.2, -0.15) is 0 Å². The molecule has 1 aromatic heterocycles. The van der Waals surface area contributed by atoms with Crippen LogP contribution in [-0.2, 0) is 4.79 Å². The summed E-state index contributed by atoms with van der Waals surface area (Å²) >= 11 is 1.60. The van der Waals surface area contributed by atoms with Gasteiger partial charge in [-0.1, -0.05) is 33.3 Å². The van der Waals surface area contributed by atoms with Crippen LogP contribution in [-0.4, -0.2) is 22.9 Å². The first-order valence-electron chi connectivity index (χ1n) is 9.71. The number of nitrogens with one attached hydrogen (secondary N) is 2. The van der Waals surface area contributed by atoms with E-state index in [-0.39, 0.29) is 5.91 Å². The number of guanidine groups is 1. The maximum absolute atomic E-state index is 12.4. The van der Waals surface area contributed by atoms with Crippen molar-refractivity contribution in [2.24, 2.45) is 22.7 Å². The minimum absolute atomic E-state index is 0.146. The number of rotatable bonds is 3. The normalized spacial score (nSPS) is 27.3. The molecule has 4 rings (SSSR count). The van der Waals surface area contributed by atoms with Crippen LogP contribution in [0.15, 0.2) is 34.4 Å². The Hall–Kier alpha value is -2.21. The van der Waals surface area contributed by atoms with Gasteiger partial charge in [-0.05, 0) is 54.4 Å². The first kappa shape index (κ1) is 18.2. The van der Waals surface area contributed by atoms with Crippen LogP contribution in [0.5, 0.6) is 0 Å². The van der Waals surface area contributed by atoms with Gasteiger partial charge < -0.3 is 5.32 Å². The summed E-state index contributed by atoms with van der Waals surface area (Å²) in [6, 6.07) is 6.36. The van der Waals surface area contributed by atoms with Crippen LogP contribution in [0.2, 0.25) is 0 Å². The second-order valence-corrected chi connectivity index (χ2v) is 8.99. The zero-order valence-corrected chi connectivity index (χ0v) is 16.8. The average Bonchev–Trinajstić information content (AvgIpc) is 3.21. The maximum atomic E-state index is 12.4. The van der Waals surface area contributed by atoms with Gasteiger partial charge in [0.15, 0.2) is 0 Å². The molecule has 3 atom stereocenters. The third kappa shape index (κ3) is 3.90. The summed E-state index contributed by atoms with van der Waals surface area (Å²) < 4.78 is 1.11. The zero-order chi connectivity index (χ0) is 19.0. The van der Waals surface area contributed by atoms with Gasteiger partial charge in [0.25, 0.3) is 5.91 Å². The van der Waals surface area contributed by atoms with E-state index >= 15 is 0 Å². The molecule has 2 aliphatic rings. The molecule has 0 saturated heterocycles. The van der Waals surface area contributed by atoms with E-state index in [9.17, 15) is 4.79 Å². The lowest BCUT2D eigenvalue weighted by Gasteiger charge is -2.38. The van der Waals surface area contributed by atoms with Crippen LogP contribution in [0.3, 0.4) is 0 Å². The number of carbonyl (C=O) groups is 1. The molecule has 0 spiro atoms. The van der Waals surface area contributed by atoms with Gasteiger partial charge >= 0.3 is 0 Å². The van der Waals surface area contributed by atoms with Crippen molar-refractivity contribution in [2.45, 2.75) is 46.1 Å². The molecule has 0 radical (unpaired) electrons. The fourth-order valence-electron chi connectivity index (χ4n) is 4.20. The summed E-state index contributed by atoms with van der Waals surface area (Å²) in [6.07, 6.45) is 5.48. The largest absolute Gasteiger partial charge is 0.353 e. The number of benzene rings is 1. The van der Waals surface area contributed by atoms with Gasteiger partial charge in [0, 0.05) is 6.04 Å². The SMILES string of the molecule is CC(C)[C@@H]1CC[C@@H](C)C[C@H]1NC1=N/C(=C\c2ccc3ncsc3c2)C(=O)N1. The summed E-state index contributed by atoms with van der Waals surface area (Å²) in [7, 11) is 0. The standard InChI is InChI=1S/C21H26N4OS/c1-12(2)15-6-4-13(3)8-17(15)23-21-24-18(20(26)25-21)9-14-5-7-16-19(10-14)27-11-22-16/h5,7,9-13,15,17H,4,6,8H2,1-3H3,(H2,23,24,25,26)/b18-9-/t13-,15+,17-/m1/s1. The molecule has 6 heteroatoms. The van der Waals surface area contributed by atoms with Gasteiger partial charge in [-0.3, -0.25) is 10.1 Å². The molecule has 1 amide bonds. The Bertz CT molecular complexity index is 914. The summed E-state index contributed by atoms with van der Waals surface area (Å²) in [5, 5.41) is 6.42. The van der Waals surface area contributed by atoms with Crippen LogP contribution >= 0.6 is 11.3 Å². The number of carbonyl (C=O) groups excluding carboxylic acids is 1. The van der Waals surface area contributed by atoms with Crippen molar-refractivity contribution in [2.75, 3.05) is 0 Å². The highest BCUT2D eigenvalue weighted by molar-refractivity contribution is 7.16. The average molecular weight is 383 g/mol. The number of amides is 1. The predicted molar refractivity (Wildman–Crippen MR) is 111 cm³/mol. The first-order chi connectivity index (χ1) is 13.0. The fourth-order valence-corrected chi connectivity index (χ4v) is 4.93. The van der Waals surface area contributed by atoms with E-state index in [2.05, 4.69) is 41.4 Å². The lowest BCUT2D eigenvalue weighted by atomic mass is 9.74. The molecule has 0 bridgehead atoms. The van der Waals surface area contributed by atoms with Crippen molar-refractivity contribution in [3.63, 3.8) is 0 Å². The third-order valence-electron chi connectivity index (χ3n) is 5.70. The number of aliphatic imine (C=N–C) groups is 1. The number of hydrogen-bond acceptors (Lipinski definition) is 5. The molecule has 1 aromatic carbocycles. The quantitative estimate of drug-likeness (QED) is 0.783. The Balaban J connectivity index is 1.53. The smallest absolute Gasteiger partial charge is 0.276 e. The van der Waals surface area contributed by atoms with E-state index in [1.807, 2.05) is 29.8 Å². The van der Waals surface area contributed by atoms with Crippen molar-refractivity contribution in [3.8, 4) is 0 Å². The van der Waals surface area contributed by atoms with Crippen LogP contribution in [0.4, 0.5) is 0 Å². The minimum atomic E-state index is -0.146.